The standard InChI is InChI=1S/C22H24N4O/c1-17-7-2-3-10-20(17)21-11-5-14-26(21)22(27)24-19-9-4-8-18(15-19)16-25-13-6-12-23-25/h2-4,6-10,12-13,15,21H,5,11,14,16H2,1H3,(H,24,27). The minimum atomic E-state index is -0.0306. The number of nitrogens with zero attached hydrogens (tertiary/aromatic N) is 3. The molecule has 0 spiro atoms. The van der Waals surface area contributed by atoms with Crippen molar-refractivity contribution >= 4 is 11.7 Å². The molecule has 1 fully saturated rings. The molecule has 1 saturated heterocycles. The Labute approximate surface area is 159 Å². The van der Waals surface area contributed by atoms with Gasteiger partial charge in [-0.25, -0.2) is 4.79 Å². The smallest absolute Gasteiger partial charge is 0.317 e. The predicted molar refractivity (Wildman–Crippen MR) is 107 cm³/mol. The van der Waals surface area contributed by atoms with Gasteiger partial charge in [-0.3, -0.25) is 4.68 Å². The first kappa shape index (κ1) is 17.3. The zero-order valence-corrected chi connectivity index (χ0v) is 15.5. The molecule has 2 heterocycles. The highest BCUT2D eigenvalue weighted by atomic mass is 16.2. The average molecular weight is 360 g/mol. The third kappa shape index (κ3) is 3.87. The Bertz CT molecular complexity index is 920. The van der Waals surface area contributed by atoms with Gasteiger partial charge in [-0.05, 0) is 54.7 Å². The molecule has 2 aromatic carbocycles. The lowest BCUT2D eigenvalue weighted by Gasteiger charge is -2.26. The summed E-state index contributed by atoms with van der Waals surface area (Å²) in [5, 5.41) is 7.32. The molecule has 1 N–H and O–H groups in total. The van der Waals surface area contributed by atoms with Gasteiger partial charge >= 0.3 is 6.03 Å². The van der Waals surface area contributed by atoms with Gasteiger partial charge in [-0.2, -0.15) is 5.10 Å². The first-order valence-corrected chi connectivity index (χ1v) is 9.40. The number of benzene rings is 2. The number of carbonyl (C=O) groups excluding carboxylic acids is 1. The van der Waals surface area contributed by atoms with E-state index in [-0.39, 0.29) is 12.1 Å². The number of nitrogens with one attached hydrogen (secondary N) is 1. The molecule has 2 amide bonds. The maximum Gasteiger partial charge on any atom is 0.322 e. The Morgan fingerprint density at radius 2 is 2.07 bits per heavy atom. The first-order valence-electron chi connectivity index (χ1n) is 9.40. The third-order valence-electron chi connectivity index (χ3n) is 5.14. The fourth-order valence-electron chi connectivity index (χ4n) is 3.82. The molecule has 4 rings (SSSR count). The van der Waals surface area contributed by atoms with Gasteiger partial charge in [-0.15, -0.1) is 0 Å². The molecule has 1 unspecified atom stereocenters. The lowest BCUT2D eigenvalue weighted by Crippen LogP contribution is -2.34. The first-order chi connectivity index (χ1) is 13.2. The van der Waals surface area contributed by atoms with Crippen LogP contribution < -0.4 is 5.32 Å². The molecule has 0 aliphatic carbocycles. The maximum atomic E-state index is 12.9. The largest absolute Gasteiger partial charge is 0.322 e. The molecule has 3 aromatic rings. The number of urea groups is 1. The molecule has 1 aliphatic heterocycles. The molecule has 0 saturated carbocycles. The number of aromatic nitrogens is 2. The van der Waals surface area contributed by atoms with Gasteiger partial charge in [0.25, 0.3) is 0 Å². The fourth-order valence-corrected chi connectivity index (χ4v) is 3.82. The Balaban J connectivity index is 1.48. The molecule has 1 atom stereocenters. The van der Waals surface area contributed by atoms with Gasteiger partial charge in [0.2, 0.25) is 0 Å². The van der Waals surface area contributed by atoms with Crippen LogP contribution >= 0.6 is 0 Å². The predicted octanol–water partition coefficient (Wildman–Crippen LogP) is 4.61. The number of aryl methyl sites for hydroxylation is 1. The maximum absolute atomic E-state index is 12.9. The van der Waals surface area contributed by atoms with E-state index in [0.29, 0.717) is 6.54 Å². The fraction of sp³-hybridized carbons (Fsp3) is 0.273. The molecular formula is C22H24N4O. The van der Waals surface area contributed by atoms with E-state index in [2.05, 4.69) is 35.5 Å². The van der Waals surface area contributed by atoms with Crippen LogP contribution in [0.2, 0.25) is 0 Å². The number of rotatable bonds is 4. The second-order valence-electron chi connectivity index (χ2n) is 7.04. The molecule has 5 nitrogen and oxygen atoms in total. The molecule has 0 bridgehead atoms. The van der Waals surface area contributed by atoms with Crippen LogP contribution in [-0.2, 0) is 6.54 Å². The topological polar surface area (TPSA) is 50.2 Å². The van der Waals surface area contributed by atoms with Crippen molar-refractivity contribution in [1.29, 1.82) is 0 Å². The van der Waals surface area contributed by atoms with Crippen molar-refractivity contribution in [3.8, 4) is 0 Å². The molecule has 5 heteroatoms. The summed E-state index contributed by atoms with van der Waals surface area (Å²) in [6.07, 6.45) is 5.75. The molecule has 27 heavy (non-hydrogen) atoms. The summed E-state index contributed by atoms with van der Waals surface area (Å²) in [4.78, 5) is 14.9. The van der Waals surface area contributed by atoms with E-state index in [1.54, 1.807) is 6.20 Å². The van der Waals surface area contributed by atoms with Gasteiger partial charge in [0.1, 0.15) is 0 Å². The molecule has 0 radical (unpaired) electrons. The van der Waals surface area contributed by atoms with E-state index in [1.807, 2.05) is 52.2 Å². The summed E-state index contributed by atoms with van der Waals surface area (Å²) in [5.74, 6) is 0. The summed E-state index contributed by atoms with van der Waals surface area (Å²) in [6, 6.07) is 18.3. The Morgan fingerprint density at radius 1 is 1.19 bits per heavy atom. The van der Waals surface area contributed by atoms with Crippen molar-refractivity contribution in [3.05, 3.63) is 83.7 Å². The highest BCUT2D eigenvalue weighted by molar-refractivity contribution is 5.90. The minimum Gasteiger partial charge on any atom is -0.317 e. The second-order valence-corrected chi connectivity index (χ2v) is 7.04. The normalized spacial score (nSPS) is 16.5. The van der Waals surface area contributed by atoms with Gasteiger partial charge in [-0.1, -0.05) is 36.4 Å². The average Bonchev–Trinajstić information content (AvgIpc) is 3.34. The van der Waals surface area contributed by atoms with Crippen molar-refractivity contribution < 1.29 is 4.79 Å². The summed E-state index contributed by atoms with van der Waals surface area (Å²) in [7, 11) is 0. The number of hydrogen-bond donors (Lipinski definition) is 1. The monoisotopic (exact) mass is 360 g/mol. The van der Waals surface area contributed by atoms with Crippen molar-refractivity contribution in [2.24, 2.45) is 0 Å². The lowest BCUT2D eigenvalue weighted by atomic mass is 9.99. The van der Waals surface area contributed by atoms with Crippen molar-refractivity contribution in [1.82, 2.24) is 14.7 Å². The summed E-state index contributed by atoms with van der Waals surface area (Å²) in [5.41, 5.74) is 4.41. The van der Waals surface area contributed by atoms with Crippen molar-refractivity contribution in [2.75, 3.05) is 11.9 Å². The highest BCUT2D eigenvalue weighted by Crippen LogP contribution is 2.34. The number of amides is 2. The highest BCUT2D eigenvalue weighted by Gasteiger charge is 2.30. The quantitative estimate of drug-likeness (QED) is 0.739. The van der Waals surface area contributed by atoms with E-state index < -0.39 is 0 Å². The van der Waals surface area contributed by atoms with Crippen LogP contribution in [0.5, 0.6) is 0 Å². The zero-order chi connectivity index (χ0) is 18.6. The summed E-state index contributed by atoms with van der Waals surface area (Å²) in [6.45, 7) is 3.59. The van der Waals surface area contributed by atoms with Crippen LogP contribution in [0, 0.1) is 6.92 Å². The van der Waals surface area contributed by atoms with Crippen molar-refractivity contribution in [2.45, 2.75) is 32.4 Å². The Kier molecular flexibility index (Phi) is 4.92. The number of likely N-dealkylation sites (tertiary alicyclic amines) is 1. The van der Waals surface area contributed by atoms with Crippen LogP contribution in [-0.4, -0.2) is 27.3 Å². The Hall–Kier alpha value is -3.08. The van der Waals surface area contributed by atoms with E-state index in [1.165, 1.54) is 11.1 Å². The van der Waals surface area contributed by atoms with Crippen molar-refractivity contribution in [3.63, 3.8) is 0 Å². The second kappa shape index (κ2) is 7.66. The van der Waals surface area contributed by atoms with Crippen LogP contribution in [0.1, 0.15) is 35.6 Å². The zero-order valence-electron chi connectivity index (χ0n) is 15.5. The lowest BCUT2D eigenvalue weighted by molar-refractivity contribution is 0.207. The van der Waals surface area contributed by atoms with E-state index in [9.17, 15) is 4.79 Å². The molecule has 1 aliphatic rings. The summed E-state index contributed by atoms with van der Waals surface area (Å²) < 4.78 is 1.87. The van der Waals surface area contributed by atoms with Gasteiger partial charge in [0.15, 0.2) is 0 Å². The van der Waals surface area contributed by atoms with E-state index in [4.69, 9.17) is 0 Å². The van der Waals surface area contributed by atoms with Gasteiger partial charge in [0, 0.05) is 24.6 Å². The number of hydrogen-bond acceptors (Lipinski definition) is 2. The van der Waals surface area contributed by atoms with E-state index >= 15 is 0 Å². The van der Waals surface area contributed by atoms with E-state index in [0.717, 1.165) is 30.6 Å². The SMILES string of the molecule is Cc1ccccc1C1CCCN1C(=O)Nc1cccc(Cn2cccn2)c1. The number of anilines is 1. The van der Waals surface area contributed by atoms with Crippen LogP contribution in [0.15, 0.2) is 67.0 Å². The van der Waals surface area contributed by atoms with Crippen LogP contribution in [0.4, 0.5) is 10.5 Å². The molecular weight excluding hydrogens is 336 g/mol. The van der Waals surface area contributed by atoms with Gasteiger partial charge in [0.05, 0.1) is 12.6 Å². The molecule has 1 aromatic heterocycles. The van der Waals surface area contributed by atoms with Gasteiger partial charge < -0.3 is 10.2 Å². The summed E-state index contributed by atoms with van der Waals surface area (Å²) >= 11 is 0. The Morgan fingerprint density at radius 3 is 2.89 bits per heavy atom. The van der Waals surface area contributed by atoms with Crippen LogP contribution in [0.3, 0.4) is 0 Å². The van der Waals surface area contributed by atoms with Crippen LogP contribution in [0.25, 0.3) is 0 Å². The minimum absolute atomic E-state index is 0.0306. The third-order valence-corrected chi connectivity index (χ3v) is 5.14. The number of carbonyl (C=O) groups is 1. The molecule has 138 valence electrons.